The van der Waals surface area contributed by atoms with Crippen LogP contribution in [0.15, 0.2) is 12.1 Å². The van der Waals surface area contributed by atoms with E-state index in [4.69, 9.17) is 4.74 Å². The van der Waals surface area contributed by atoms with Crippen molar-refractivity contribution < 1.29 is 27.8 Å². The molecule has 134 valence electrons. The van der Waals surface area contributed by atoms with E-state index in [-0.39, 0.29) is 18.7 Å². The van der Waals surface area contributed by atoms with Crippen LogP contribution >= 0.6 is 0 Å². The largest absolute Gasteiger partial charge is 0.480 e. The van der Waals surface area contributed by atoms with E-state index in [0.717, 1.165) is 18.9 Å². The Bertz CT molecular complexity index is 601. The molecule has 0 amide bonds. The number of hydrogen-bond donors (Lipinski definition) is 1. The van der Waals surface area contributed by atoms with Crippen molar-refractivity contribution in [3.63, 3.8) is 0 Å². The van der Waals surface area contributed by atoms with E-state index >= 15 is 0 Å². The molecule has 1 fully saturated rings. The van der Waals surface area contributed by atoms with Crippen molar-refractivity contribution in [3.05, 3.63) is 34.4 Å². The summed E-state index contributed by atoms with van der Waals surface area (Å²) < 4.78 is 44.7. The van der Waals surface area contributed by atoms with Gasteiger partial charge in [0.25, 0.3) is 0 Å². The van der Waals surface area contributed by atoms with Crippen LogP contribution in [0.25, 0.3) is 0 Å². The fourth-order valence-electron chi connectivity index (χ4n) is 3.23. The van der Waals surface area contributed by atoms with Crippen molar-refractivity contribution in [2.45, 2.75) is 51.6 Å². The first-order valence-electron chi connectivity index (χ1n) is 7.89. The van der Waals surface area contributed by atoms with Crippen LogP contribution in [0.2, 0.25) is 0 Å². The van der Waals surface area contributed by atoms with Crippen molar-refractivity contribution in [2.75, 3.05) is 13.7 Å². The van der Waals surface area contributed by atoms with Crippen molar-refractivity contribution in [1.29, 1.82) is 0 Å². The summed E-state index contributed by atoms with van der Waals surface area (Å²) in [5, 5.41) is 9.34. The normalized spacial score (nSPS) is 19.5. The molecule has 4 nitrogen and oxygen atoms in total. The van der Waals surface area contributed by atoms with Crippen molar-refractivity contribution in [3.8, 4) is 0 Å². The Hall–Kier alpha value is -1.60. The van der Waals surface area contributed by atoms with Crippen LogP contribution in [0.5, 0.6) is 0 Å². The Balaban J connectivity index is 2.37. The standard InChI is InChI=1S/C17H22F3NO3/c1-11-7-13(10-24-2)12(8-14(11)17(18,19)20)9-21-6-4-3-5-15(21)16(22)23/h7-8,15H,3-6,9-10H2,1-2H3,(H,22,23)/t15-/m0/s1. The molecule has 2 rings (SSSR count). The number of aliphatic carboxylic acids is 1. The van der Waals surface area contributed by atoms with Gasteiger partial charge in [0.2, 0.25) is 0 Å². The molecule has 24 heavy (non-hydrogen) atoms. The van der Waals surface area contributed by atoms with Crippen molar-refractivity contribution in [2.24, 2.45) is 0 Å². The lowest BCUT2D eigenvalue weighted by Crippen LogP contribution is -2.44. The molecular weight excluding hydrogens is 323 g/mol. The molecule has 1 aromatic carbocycles. The van der Waals surface area contributed by atoms with Gasteiger partial charge in [0.1, 0.15) is 6.04 Å². The Morgan fingerprint density at radius 1 is 1.33 bits per heavy atom. The summed E-state index contributed by atoms with van der Waals surface area (Å²) in [6.45, 7) is 2.37. The van der Waals surface area contributed by atoms with Gasteiger partial charge in [-0.2, -0.15) is 13.2 Å². The van der Waals surface area contributed by atoms with Crippen molar-refractivity contribution >= 4 is 5.97 Å². The molecule has 1 N–H and O–H groups in total. The lowest BCUT2D eigenvalue weighted by atomic mass is 9.96. The van der Waals surface area contributed by atoms with E-state index in [9.17, 15) is 23.1 Å². The maximum atomic E-state index is 13.2. The van der Waals surface area contributed by atoms with Gasteiger partial charge in [-0.1, -0.05) is 12.5 Å². The summed E-state index contributed by atoms with van der Waals surface area (Å²) in [6.07, 6.45) is -2.24. The number of rotatable bonds is 5. The summed E-state index contributed by atoms with van der Waals surface area (Å²) in [4.78, 5) is 13.1. The molecule has 0 bridgehead atoms. The summed E-state index contributed by atoms with van der Waals surface area (Å²) in [6, 6.07) is 1.98. The van der Waals surface area contributed by atoms with Crippen LogP contribution in [-0.4, -0.2) is 35.7 Å². The molecule has 1 aromatic rings. The Morgan fingerprint density at radius 3 is 2.62 bits per heavy atom. The number of likely N-dealkylation sites (tertiary alicyclic amines) is 1. The van der Waals surface area contributed by atoms with Gasteiger partial charge in [-0.15, -0.1) is 0 Å². The number of aryl methyl sites for hydroxylation is 1. The van der Waals surface area contributed by atoms with Crippen LogP contribution in [0.4, 0.5) is 13.2 Å². The number of carboxylic acids is 1. The van der Waals surface area contributed by atoms with Crippen LogP contribution in [0, 0.1) is 6.92 Å². The topological polar surface area (TPSA) is 49.8 Å². The third-order valence-corrected chi connectivity index (χ3v) is 4.42. The number of piperidine rings is 1. The van der Waals surface area contributed by atoms with Gasteiger partial charge in [-0.3, -0.25) is 9.69 Å². The first-order chi connectivity index (χ1) is 11.2. The van der Waals surface area contributed by atoms with Gasteiger partial charge in [-0.05, 0) is 49.1 Å². The minimum atomic E-state index is -4.43. The summed E-state index contributed by atoms with van der Waals surface area (Å²) in [5.74, 6) is -0.925. The van der Waals surface area contributed by atoms with E-state index in [1.54, 1.807) is 4.90 Å². The zero-order valence-electron chi connectivity index (χ0n) is 13.8. The summed E-state index contributed by atoms with van der Waals surface area (Å²) in [5.41, 5.74) is 0.605. The maximum Gasteiger partial charge on any atom is 0.416 e. The Labute approximate surface area is 139 Å². The predicted molar refractivity (Wildman–Crippen MR) is 82.6 cm³/mol. The number of alkyl halides is 3. The van der Waals surface area contributed by atoms with E-state index in [1.165, 1.54) is 20.1 Å². The van der Waals surface area contributed by atoms with Gasteiger partial charge < -0.3 is 9.84 Å². The van der Waals surface area contributed by atoms with E-state index < -0.39 is 23.8 Å². The quantitative estimate of drug-likeness (QED) is 0.886. The predicted octanol–water partition coefficient (Wildman–Crippen LogP) is 3.60. The molecule has 1 atom stereocenters. The Morgan fingerprint density at radius 2 is 2.04 bits per heavy atom. The number of nitrogens with zero attached hydrogens (tertiary/aromatic N) is 1. The zero-order valence-corrected chi connectivity index (χ0v) is 13.8. The lowest BCUT2D eigenvalue weighted by molar-refractivity contribution is -0.145. The number of ether oxygens (including phenoxy) is 1. The molecule has 0 radical (unpaired) electrons. The number of hydrogen-bond acceptors (Lipinski definition) is 3. The second-order valence-electron chi connectivity index (χ2n) is 6.19. The molecule has 1 heterocycles. The average molecular weight is 345 g/mol. The SMILES string of the molecule is COCc1cc(C)c(C(F)(F)F)cc1CN1CCCC[C@H]1C(=O)O. The van der Waals surface area contributed by atoms with Gasteiger partial charge in [-0.25, -0.2) is 0 Å². The highest BCUT2D eigenvalue weighted by Crippen LogP contribution is 2.34. The highest BCUT2D eigenvalue weighted by molar-refractivity contribution is 5.73. The molecule has 1 saturated heterocycles. The highest BCUT2D eigenvalue weighted by Gasteiger charge is 2.34. The smallest absolute Gasteiger partial charge is 0.416 e. The van der Waals surface area contributed by atoms with Crippen LogP contribution in [0.1, 0.15) is 41.5 Å². The van der Waals surface area contributed by atoms with Gasteiger partial charge in [0.05, 0.1) is 12.2 Å². The molecule has 0 unspecified atom stereocenters. The van der Waals surface area contributed by atoms with Gasteiger partial charge in [0.15, 0.2) is 0 Å². The number of carbonyl (C=O) groups is 1. The third-order valence-electron chi connectivity index (χ3n) is 4.42. The molecule has 0 aromatic heterocycles. The number of benzene rings is 1. The minimum absolute atomic E-state index is 0.145. The summed E-state index contributed by atoms with van der Waals surface area (Å²) in [7, 11) is 1.48. The molecule has 1 aliphatic heterocycles. The fraction of sp³-hybridized carbons (Fsp3) is 0.588. The van der Waals surface area contributed by atoms with Crippen LogP contribution in [0.3, 0.4) is 0 Å². The molecule has 0 saturated carbocycles. The van der Waals surface area contributed by atoms with E-state index in [2.05, 4.69) is 0 Å². The average Bonchev–Trinajstić information content (AvgIpc) is 2.49. The maximum absolute atomic E-state index is 13.2. The lowest BCUT2D eigenvalue weighted by Gasteiger charge is -2.33. The molecule has 1 aliphatic rings. The molecule has 0 aliphatic carbocycles. The minimum Gasteiger partial charge on any atom is -0.480 e. The molecule has 7 heteroatoms. The highest BCUT2D eigenvalue weighted by atomic mass is 19.4. The third kappa shape index (κ3) is 4.27. The van der Waals surface area contributed by atoms with E-state index in [0.29, 0.717) is 24.1 Å². The zero-order chi connectivity index (χ0) is 17.9. The van der Waals surface area contributed by atoms with E-state index in [1.807, 2.05) is 0 Å². The second-order valence-corrected chi connectivity index (χ2v) is 6.19. The number of carboxylic acid groups (broad SMARTS) is 1. The first-order valence-corrected chi connectivity index (χ1v) is 7.89. The second kappa shape index (κ2) is 7.53. The van der Waals surface area contributed by atoms with Crippen molar-refractivity contribution in [1.82, 2.24) is 4.90 Å². The molecule has 0 spiro atoms. The summed E-state index contributed by atoms with van der Waals surface area (Å²) >= 11 is 0. The van der Waals surface area contributed by atoms with Crippen LogP contribution < -0.4 is 0 Å². The monoisotopic (exact) mass is 345 g/mol. The number of methoxy groups -OCH3 is 1. The van der Waals surface area contributed by atoms with Gasteiger partial charge >= 0.3 is 12.1 Å². The first kappa shape index (κ1) is 18.7. The Kier molecular flexibility index (Phi) is 5.87. The number of halogens is 3. The van der Waals surface area contributed by atoms with Crippen LogP contribution in [-0.2, 0) is 28.9 Å². The van der Waals surface area contributed by atoms with Gasteiger partial charge in [0, 0.05) is 13.7 Å². The molecular formula is C17H22F3NO3. The fourth-order valence-corrected chi connectivity index (χ4v) is 3.23.